The zero-order valence-electron chi connectivity index (χ0n) is 27.7. The molecule has 0 radical (unpaired) electrons. The number of rotatable bonds is 4. The van der Waals surface area contributed by atoms with Crippen molar-refractivity contribution in [1.29, 1.82) is 0 Å². The second kappa shape index (κ2) is 13.3. The predicted molar refractivity (Wildman–Crippen MR) is 181 cm³/mol. The van der Waals surface area contributed by atoms with Gasteiger partial charge < -0.3 is 24.6 Å². The number of aromatic nitrogens is 3. The molecule has 1 amide bonds. The number of anilines is 1. The maximum Gasteiger partial charge on any atom is 0.414 e. The maximum absolute atomic E-state index is 16.5. The van der Waals surface area contributed by atoms with E-state index in [0.29, 0.717) is 54.4 Å². The van der Waals surface area contributed by atoms with Crippen molar-refractivity contribution in [3.05, 3.63) is 47.7 Å². The van der Waals surface area contributed by atoms with Crippen LogP contribution in [0, 0.1) is 24.0 Å². The second-order valence-corrected chi connectivity index (χ2v) is 13.3. The highest BCUT2D eigenvalue weighted by Gasteiger charge is 2.35. The largest absolute Gasteiger partial charge is 0.467 e. The molecule has 4 fully saturated rings. The van der Waals surface area contributed by atoms with Gasteiger partial charge in [-0.1, -0.05) is 12.0 Å². The van der Waals surface area contributed by atoms with Crippen LogP contribution in [0.3, 0.4) is 0 Å². The van der Waals surface area contributed by atoms with Gasteiger partial charge in [0.25, 0.3) is 0 Å². The number of hydrogen-bond acceptors (Lipinski definition) is 9. The summed E-state index contributed by atoms with van der Waals surface area (Å²) in [6, 6.07) is 6.94. The zero-order valence-corrected chi connectivity index (χ0v) is 27.7. The quantitative estimate of drug-likeness (QED) is 0.290. The number of piperazine rings is 1. The minimum atomic E-state index is -0.762. The lowest BCUT2D eigenvalue weighted by Gasteiger charge is -2.34. The van der Waals surface area contributed by atoms with Gasteiger partial charge in [0.15, 0.2) is 5.82 Å². The van der Waals surface area contributed by atoms with E-state index in [0.717, 1.165) is 25.8 Å². The molecule has 1 N–H and O–H groups in total. The number of hydrogen-bond donors (Lipinski definition) is 1. The van der Waals surface area contributed by atoms with Crippen LogP contribution in [-0.2, 0) is 0 Å². The number of terminal acetylenes is 1. The topological polar surface area (TPSA) is 96.0 Å². The van der Waals surface area contributed by atoms with Crippen molar-refractivity contribution >= 4 is 33.6 Å². The fourth-order valence-electron chi connectivity index (χ4n) is 7.53. The number of ether oxygens (including phenoxy) is 2. The molecular formula is C36H38F3N7O3. The Labute approximate surface area is 282 Å². The number of nitrogens with one attached hydrogen (secondary N) is 1. The summed E-state index contributed by atoms with van der Waals surface area (Å²) in [6.07, 6.45) is 11.5. The molecule has 0 spiro atoms. The molecule has 2 aromatic heterocycles. The lowest BCUT2D eigenvalue weighted by Crippen LogP contribution is -2.51. The molecule has 13 heteroatoms. The Balaban J connectivity index is 0.000000361. The van der Waals surface area contributed by atoms with E-state index in [1.807, 2.05) is 0 Å². The van der Waals surface area contributed by atoms with Gasteiger partial charge in [-0.2, -0.15) is 9.97 Å². The molecule has 0 saturated carbocycles. The van der Waals surface area contributed by atoms with Crippen molar-refractivity contribution in [1.82, 2.24) is 30.1 Å². The number of benzene rings is 2. The second-order valence-electron chi connectivity index (χ2n) is 13.3. The first-order valence-electron chi connectivity index (χ1n) is 16.5. The highest BCUT2D eigenvalue weighted by molar-refractivity contribution is 6.03. The van der Waals surface area contributed by atoms with Crippen LogP contribution >= 0.6 is 0 Å². The first-order chi connectivity index (χ1) is 23.6. The maximum atomic E-state index is 16.5. The van der Waals surface area contributed by atoms with E-state index in [1.54, 1.807) is 6.07 Å². The SMILES string of the molecule is C#Cc1c(F)ccc2cc(OC(=O)N(C)C)cc(-c3ncc4c(N5CC6CCC(C5)N6)nc(OC)nc4c3F)c12.F[C@@H]1CC2CCCN2C1. The summed E-state index contributed by atoms with van der Waals surface area (Å²) in [5.74, 6) is 1.62. The monoisotopic (exact) mass is 673 g/mol. The van der Waals surface area contributed by atoms with E-state index in [4.69, 9.17) is 15.9 Å². The number of halogens is 3. The normalized spacial score (nSPS) is 22.8. The number of amides is 1. The number of nitrogens with zero attached hydrogens (tertiary/aromatic N) is 6. The zero-order chi connectivity index (χ0) is 34.4. The van der Waals surface area contributed by atoms with E-state index in [-0.39, 0.29) is 39.5 Å². The van der Waals surface area contributed by atoms with Gasteiger partial charge in [-0.15, -0.1) is 6.42 Å². The summed E-state index contributed by atoms with van der Waals surface area (Å²) in [5.41, 5.74) is -0.0311. The van der Waals surface area contributed by atoms with Crippen molar-refractivity contribution in [2.45, 2.75) is 56.4 Å². The lowest BCUT2D eigenvalue weighted by molar-refractivity contribution is 0.172. The van der Waals surface area contributed by atoms with Crippen LogP contribution in [0.25, 0.3) is 32.9 Å². The van der Waals surface area contributed by atoms with Crippen molar-refractivity contribution in [3.63, 3.8) is 0 Å². The molecule has 3 unspecified atom stereocenters. The van der Waals surface area contributed by atoms with Crippen LogP contribution in [0.5, 0.6) is 11.8 Å². The standard InChI is InChI=1S/C29H26F2N6O3.C7H12FN/c1-5-19-22(30)9-6-15-10-18(40-29(38)36(2)3)11-20(23(15)19)25-24(31)26-21(12-32-25)27(35-28(34-26)39-4)37-13-16-7-8-17(14-37)33-16;8-6-4-7-2-1-3-9(7)5-6/h1,6,9-12,16-17,33H,7-8,13-14H2,2-4H3;6-7H,1-5H2/t;6-,7?/m.1/s1. The third kappa shape index (κ3) is 6.31. The molecule has 10 nitrogen and oxygen atoms in total. The molecule has 4 saturated heterocycles. The smallest absolute Gasteiger partial charge is 0.414 e. The minimum absolute atomic E-state index is 0.000213. The highest BCUT2D eigenvalue weighted by atomic mass is 19.1. The van der Waals surface area contributed by atoms with E-state index in [2.05, 4.69) is 36.0 Å². The Morgan fingerprint density at radius 2 is 1.88 bits per heavy atom. The van der Waals surface area contributed by atoms with E-state index in [1.165, 1.54) is 63.3 Å². The molecule has 4 aromatic rings. The molecule has 2 bridgehead atoms. The van der Waals surface area contributed by atoms with Crippen molar-refractivity contribution in [2.24, 2.45) is 0 Å². The molecule has 6 heterocycles. The van der Waals surface area contributed by atoms with Crippen molar-refractivity contribution in [3.8, 4) is 35.4 Å². The summed E-state index contributed by atoms with van der Waals surface area (Å²) in [5, 5.41) is 4.71. The number of fused-ring (bicyclic) bond motifs is 5. The fraction of sp³-hybridized carbons (Fsp3) is 0.444. The molecule has 4 aliphatic rings. The van der Waals surface area contributed by atoms with Crippen LogP contribution in [0.2, 0.25) is 0 Å². The molecule has 0 aliphatic carbocycles. The van der Waals surface area contributed by atoms with Crippen LogP contribution in [0.1, 0.15) is 37.7 Å². The summed E-state index contributed by atoms with van der Waals surface area (Å²) >= 11 is 0. The number of carbonyl (C=O) groups excluding carboxylic acids is 1. The van der Waals surface area contributed by atoms with Gasteiger partial charge >= 0.3 is 12.1 Å². The Bertz CT molecular complexity index is 1940. The molecular weight excluding hydrogens is 635 g/mol. The molecule has 256 valence electrons. The van der Waals surface area contributed by atoms with Gasteiger partial charge in [0.2, 0.25) is 0 Å². The molecule has 2 aromatic carbocycles. The summed E-state index contributed by atoms with van der Waals surface area (Å²) in [4.78, 5) is 31.3. The number of alkyl halides is 1. The van der Waals surface area contributed by atoms with Crippen LogP contribution in [-0.4, -0.2) is 103 Å². The molecule has 8 rings (SSSR count). The van der Waals surface area contributed by atoms with Gasteiger partial charge in [-0.25, -0.2) is 18.0 Å². The Morgan fingerprint density at radius 3 is 2.57 bits per heavy atom. The third-order valence-corrected chi connectivity index (χ3v) is 9.81. The van der Waals surface area contributed by atoms with Gasteiger partial charge in [0, 0.05) is 69.0 Å². The number of carbonyl (C=O) groups is 1. The highest BCUT2D eigenvalue weighted by Crippen LogP contribution is 2.39. The van der Waals surface area contributed by atoms with Gasteiger partial charge in [0.1, 0.15) is 34.8 Å². The summed E-state index contributed by atoms with van der Waals surface area (Å²) in [6.45, 7) is 3.28. The first kappa shape index (κ1) is 32.9. The van der Waals surface area contributed by atoms with E-state index < -0.39 is 23.9 Å². The fourth-order valence-corrected chi connectivity index (χ4v) is 7.53. The average Bonchev–Trinajstić information content (AvgIpc) is 3.78. The summed E-state index contributed by atoms with van der Waals surface area (Å²) in [7, 11) is 4.49. The van der Waals surface area contributed by atoms with Crippen molar-refractivity contribution in [2.75, 3.05) is 52.3 Å². The predicted octanol–water partition coefficient (Wildman–Crippen LogP) is 5.31. The Hall–Kier alpha value is -4.67. The van der Waals surface area contributed by atoms with Gasteiger partial charge in [-0.05, 0) is 62.2 Å². The Kier molecular flexibility index (Phi) is 8.94. The van der Waals surface area contributed by atoms with Gasteiger partial charge in [-0.3, -0.25) is 9.88 Å². The first-order valence-corrected chi connectivity index (χ1v) is 16.5. The molecule has 49 heavy (non-hydrogen) atoms. The van der Waals surface area contributed by atoms with Crippen molar-refractivity contribution < 1.29 is 27.4 Å². The van der Waals surface area contributed by atoms with E-state index in [9.17, 15) is 13.6 Å². The molecule has 4 aliphatic heterocycles. The van der Waals surface area contributed by atoms with Crippen LogP contribution < -0.4 is 19.7 Å². The number of methoxy groups -OCH3 is 1. The minimum Gasteiger partial charge on any atom is -0.467 e. The number of pyridine rings is 1. The van der Waals surface area contributed by atoms with Crippen LogP contribution in [0.15, 0.2) is 30.5 Å². The lowest BCUT2D eigenvalue weighted by atomic mass is 9.95. The van der Waals surface area contributed by atoms with E-state index >= 15 is 4.39 Å². The Morgan fingerprint density at radius 1 is 1.10 bits per heavy atom. The van der Waals surface area contributed by atoms with Gasteiger partial charge in [0.05, 0.1) is 18.1 Å². The summed E-state index contributed by atoms with van der Waals surface area (Å²) < 4.78 is 54.7. The molecule has 4 atom stereocenters. The van der Waals surface area contributed by atoms with Crippen LogP contribution in [0.4, 0.5) is 23.8 Å². The average molecular weight is 674 g/mol. The third-order valence-electron chi connectivity index (χ3n) is 9.81.